The highest BCUT2D eigenvalue weighted by molar-refractivity contribution is 6.71. The van der Waals surface area contributed by atoms with Crippen LogP contribution in [0.1, 0.15) is 39.5 Å². The van der Waals surface area contributed by atoms with Gasteiger partial charge in [-0.3, -0.25) is 0 Å². The zero-order valence-electron chi connectivity index (χ0n) is 37.5. The zero-order valence-corrected chi connectivity index (χ0v) is 43.5. The summed E-state index contributed by atoms with van der Waals surface area (Å²) in [5, 5.41) is 9.84. The smallest absolute Gasteiger partial charge is 0.278 e. The quantitative estimate of drug-likeness (QED) is 0.0985. The van der Waals surface area contributed by atoms with Gasteiger partial charge in [0.2, 0.25) is 0 Å². The third-order valence-electron chi connectivity index (χ3n) is 11.0. The fourth-order valence-electron chi connectivity index (χ4n) is 9.58. The van der Waals surface area contributed by atoms with Crippen LogP contribution >= 0.6 is 0 Å². The van der Waals surface area contributed by atoms with Gasteiger partial charge in [0.25, 0.3) is 16.6 Å². The zero-order chi connectivity index (χ0) is 40.4. The van der Waals surface area contributed by atoms with E-state index in [1.54, 1.807) is 0 Å². The highest BCUT2D eigenvalue weighted by atomic mass is 28.4. The van der Waals surface area contributed by atoms with E-state index in [4.69, 9.17) is 37.1 Å². The molecule has 8 atom stereocenters. The molecule has 0 bridgehead atoms. The summed E-state index contributed by atoms with van der Waals surface area (Å²) in [6.07, 6.45) is 10.8. The summed E-state index contributed by atoms with van der Waals surface area (Å²) in [4.78, 5) is 0. The fraction of sp³-hybridized carbons (Fsp3) is 0.846. The van der Waals surface area contributed by atoms with Crippen LogP contribution < -0.4 is 0 Å². The SMILES string of the molecule is CC12C=CC(=NO[Si](C)(C)C)C=C1[C@H](O[Si](C)(C)C)CC1C2C(O[Si](C)(C)C)CC2(C)C1CC[C@]2(O[Si](C)(C)C)C(CO[Si](C)(C)C)=NO[Si](C)(C)C. The second kappa shape index (κ2) is 15.1. The van der Waals surface area contributed by atoms with Crippen molar-refractivity contribution in [1.29, 1.82) is 0 Å². The third-order valence-corrected chi connectivity index (χ3v) is 16.3. The van der Waals surface area contributed by atoms with E-state index in [0.29, 0.717) is 18.4 Å². The van der Waals surface area contributed by atoms with E-state index in [1.165, 1.54) is 5.57 Å². The van der Waals surface area contributed by atoms with Gasteiger partial charge in [-0.05, 0) is 179 Å². The standard InChI is InChI=1S/C39H78N2O6Si6/c1-37-23-21-29(40-46-52(15,16)17)25-32(37)33(43-49(6,7)8)26-30-31-22-24-39(45-51(12,13)14,35(28-42-48(3,4)5)41-47-53(18,19)20)38(31,2)27-34(36(30)37)44-50(9,10)11/h21,23,25,30-31,33-34,36H,22,24,26-28H2,1-20H3/t30?,31?,33-,34?,36?,37?,38?,39+/m1/s1. The molecular weight excluding hydrogens is 761 g/mol. The van der Waals surface area contributed by atoms with Crippen molar-refractivity contribution in [2.45, 2.75) is 175 Å². The molecule has 6 unspecified atom stereocenters. The predicted molar refractivity (Wildman–Crippen MR) is 239 cm³/mol. The molecule has 0 heterocycles. The van der Waals surface area contributed by atoms with Crippen molar-refractivity contribution in [2.75, 3.05) is 6.61 Å². The number of nitrogens with zero attached hydrogens (tertiary/aromatic N) is 2. The van der Waals surface area contributed by atoms with Gasteiger partial charge in [-0.25, -0.2) is 0 Å². The Morgan fingerprint density at radius 1 is 0.736 bits per heavy atom. The molecule has 4 aliphatic rings. The number of hydrogen-bond acceptors (Lipinski definition) is 8. The molecular formula is C39H78N2O6Si6. The van der Waals surface area contributed by atoms with Crippen molar-refractivity contribution in [2.24, 2.45) is 38.9 Å². The van der Waals surface area contributed by atoms with Crippen LogP contribution in [0.3, 0.4) is 0 Å². The fourth-order valence-corrected chi connectivity index (χ4v) is 14.6. The minimum absolute atomic E-state index is 0.00340. The molecule has 4 aliphatic carbocycles. The molecule has 0 aromatic rings. The largest absolute Gasteiger partial charge is 0.456 e. The lowest BCUT2D eigenvalue weighted by molar-refractivity contribution is -0.143. The maximum atomic E-state index is 7.68. The van der Waals surface area contributed by atoms with Crippen molar-refractivity contribution < 1.29 is 26.8 Å². The monoisotopic (exact) mass is 838 g/mol. The van der Waals surface area contributed by atoms with Crippen molar-refractivity contribution in [3.8, 4) is 0 Å². The Labute approximate surface area is 331 Å². The van der Waals surface area contributed by atoms with E-state index in [0.717, 1.165) is 37.1 Å². The van der Waals surface area contributed by atoms with Crippen LogP contribution in [0.25, 0.3) is 0 Å². The lowest BCUT2D eigenvalue weighted by atomic mass is 9.45. The average molecular weight is 840 g/mol. The molecule has 3 saturated carbocycles. The van der Waals surface area contributed by atoms with Crippen molar-refractivity contribution in [1.82, 2.24) is 0 Å². The summed E-state index contributed by atoms with van der Waals surface area (Å²) in [6, 6.07) is 0. The molecule has 304 valence electrons. The second-order valence-corrected chi connectivity index (χ2v) is 49.5. The first-order valence-electron chi connectivity index (χ1n) is 20.3. The number of rotatable bonds is 14. The molecule has 0 spiro atoms. The molecule has 53 heavy (non-hydrogen) atoms. The van der Waals surface area contributed by atoms with Crippen LogP contribution in [0, 0.1) is 28.6 Å². The van der Waals surface area contributed by atoms with Gasteiger partial charge >= 0.3 is 0 Å². The molecule has 0 saturated heterocycles. The molecule has 4 rings (SSSR count). The molecule has 14 heteroatoms. The highest BCUT2D eigenvalue weighted by Gasteiger charge is 2.70. The molecule has 0 amide bonds. The Morgan fingerprint density at radius 2 is 1.32 bits per heavy atom. The van der Waals surface area contributed by atoms with Gasteiger partial charge in [0.05, 0.1) is 12.7 Å². The topological polar surface area (TPSA) is 80.1 Å². The summed E-state index contributed by atoms with van der Waals surface area (Å²) in [5.41, 5.74) is 2.07. The summed E-state index contributed by atoms with van der Waals surface area (Å²) in [6.45, 7) is 46.4. The third kappa shape index (κ3) is 10.9. The first-order valence-corrected chi connectivity index (χ1v) is 40.7. The first-order chi connectivity index (χ1) is 23.7. The molecule has 0 aliphatic heterocycles. The van der Waals surface area contributed by atoms with Crippen molar-refractivity contribution in [3.63, 3.8) is 0 Å². The van der Waals surface area contributed by atoms with E-state index >= 15 is 0 Å². The minimum Gasteiger partial charge on any atom is -0.456 e. The van der Waals surface area contributed by atoms with E-state index in [-0.39, 0.29) is 29.0 Å². The molecule has 0 radical (unpaired) electrons. The molecule has 3 fully saturated rings. The highest BCUT2D eigenvalue weighted by Crippen LogP contribution is 2.69. The van der Waals surface area contributed by atoms with Gasteiger partial charge < -0.3 is 26.8 Å². The van der Waals surface area contributed by atoms with E-state index in [2.05, 4.69) is 150 Å². The Balaban J connectivity index is 1.96. The predicted octanol–water partition coefficient (Wildman–Crippen LogP) is 11.2. The lowest BCUT2D eigenvalue weighted by Crippen LogP contribution is -2.66. The van der Waals surface area contributed by atoms with Crippen molar-refractivity contribution in [3.05, 3.63) is 23.8 Å². The Morgan fingerprint density at radius 3 is 1.83 bits per heavy atom. The van der Waals surface area contributed by atoms with Gasteiger partial charge in [-0.1, -0.05) is 19.9 Å². The number of oxime groups is 2. The maximum absolute atomic E-state index is 7.68. The van der Waals surface area contributed by atoms with Gasteiger partial charge in [0, 0.05) is 16.9 Å². The number of fused-ring (bicyclic) bond motifs is 5. The van der Waals surface area contributed by atoms with Crippen LogP contribution in [-0.2, 0) is 26.8 Å². The summed E-state index contributed by atoms with van der Waals surface area (Å²) in [7, 11) is -11.8. The summed E-state index contributed by atoms with van der Waals surface area (Å²) < 4.78 is 41.7. The van der Waals surface area contributed by atoms with Gasteiger partial charge in [-0.2, -0.15) is 0 Å². The van der Waals surface area contributed by atoms with Crippen LogP contribution in [0.15, 0.2) is 34.1 Å². The molecule has 0 aromatic heterocycles. The number of allylic oxidation sites excluding steroid dienone is 3. The van der Waals surface area contributed by atoms with Crippen LogP contribution in [0.5, 0.6) is 0 Å². The summed E-state index contributed by atoms with van der Waals surface area (Å²) >= 11 is 0. The summed E-state index contributed by atoms with van der Waals surface area (Å²) in [5.74, 6) is 1.04. The normalized spacial score (nSPS) is 35.1. The average Bonchev–Trinajstić information content (AvgIpc) is 3.19. The Hall–Kier alpha value is -0.439. The Bertz CT molecular complexity index is 1460. The first kappa shape index (κ1) is 45.3. The van der Waals surface area contributed by atoms with Crippen LogP contribution in [0.4, 0.5) is 0 Å². The van der Waals surface area contributed by atoms with E-state index in [9.17, 15) is 0 Å². The van der Waals surface area contributed by atoms with Gasteiger partial charge in [0.15, 0.2) is 33.3 Å². The molecule has 8 nitrogen and oxygen atoms in total. The molecule has 0 N–H and O–H groups in total. The van der Waals surface area contributed by atoms with E-state index < -0.39 is 55.5 Å². The maximum Gasteiger partial charge on any atom is 0.278 e. The van der Waals surface area contributed by atoms with Gasteiger partial charge in [0.1, 0.15) is 17.0 Å². The number of hydrogen-bond donors (Lipinski definition) is 0. The van der Waals surface area contributed by atoms with Crippen molar-refractivity contribution >= 4 is 61.3 Å². The molecule has 0 aromatic carbocycles. The Kier molecular flexibility index (Phi) is 12.9. The minimum atomic E-state index is -2.12. The second-order valence-electron chi connectivity index (χ2n) is 22.8. The van der Waals surface area contributed by atoms with Crippen LogP contribution in [0.2, 0.25) is 118 Å². The lowest BCUT2D eigenvalue weighted by Gasteiger charge is -2.63. The van der Waals surface area contributed by atoms with Crippen LogP contribution in [-0.4, -0.2) is 85.7 Å². The van der Waals surface area contributed by atoms with E-state index in [1.807, 2.05) is 0 Å². The van der Waals surface area contributed by atoms with Gasteiger partial charge in [-0.15, -0.1) is 10.3 Å².